The maximum Gasteiger partial charge on any atom is 0.346 e. The van der Waals surface area contributed by atoms with Gasteiger partial charge in [0.2, 0.25) is 0 Å². The van der Waals surface area contributed by atoms with E-state index in [1.165, 1.54) is 8.52 Å². The van der Waals surface area contributed by atoms with Crippen molar-refractivity contribution >= 4 is 23.1 Å². The van der Waals surface area contributed by atoms with Gasteiger partial charge in [0.15, 0.2) is 5.76 Å². The average molecular weight is 338 g/mol. The van der Waals surface area contributed by atoms with Crippen molar-refractivity contribution in [3.8, 4) is 5.69 Å². The first-order chi connectivity index (χ1) is 10.5. The molecule has 8 heteroatoms. The van der Waals surface area contributed by atoms with Crippen LogP contribution in [-0.4, -0.2) is 13.7 Å². The van der Waals surface area contributed by atoms with Crippen molar-refractivity contribution in [2.75, 3.05) is 0 Å². The van der Waals surface area contributed by atoms with Crippen LogP contribution in [0.4, 0.5) is 0 Å². The highest BCUT2D eigenvalue weighted by Gasteiger charge is 2.18. The summed E-state index contributed by atoms with van der Waals surface area (Å²) in [5, 5.41) is 4.42. The molecular weight excluding hydrogens is 326 g/mol. The van der Waals surface area contributed by atoms with Gasteiger partial charge in [0.1, 0.15) is 11.4 Å². The zero-order valence-corrected chi connectivity index (χ0v) is 13.4. The minimum absolute atomic E-state index is 0.196. The molecule has 0 fully saturated rings. The van der Waals surface area contributed by atoms with Crippen molar-refractivity contribution in [1.82, 2.24) is 13.7 Å². The maximum absolute atomic E-state index is 12.5. The number of hydrogen-bond acceptors (Lipinski definition) is 5. The lowest BCUT2D eigenvalue weighted by Gasteiger charge is -2.01. The standard InChI is InChI=1S/C14H12ClN3O3S/c1-8-12(9(2)21-16-8)18-13(19)17(14(20)22-18)7-10-3-5-11(15)6-4-10/h3-6H,7H2,1-2H3. The van der Waals surface area contributed by atoms with Crippen molar-refractivity contribution < 1.29 is 4.52 Å². The molecule has 2 heterocycles. The molecule has 3 rings (SSSR count). The number of hydrogen-bond donors (Lipinski definition) is 0. The van der Waals surface area contributed by atoms with Crippen molar-refractivity contribution in [2.45, 2.75) is 20.4 Å². The zero-order chi connectivity index (χ0) is 15.9. The number of benzene rings is 1. The van der Waals surface area contributed by atoms with Crippen LogP contribution in [0.1, 0.15) is 17.0 Å². The van der Waals surface area contributed by atoms with Crippen LogP contribution < -0.4 is 10.6 Å². The number of halogens is 1. The van der Waals surface area contributed by atoms with E-state index >= 15 is 0 Å². The van der Waals surface area contributed by atoms with Crippen LogP contribution in [0.3, 0.4) is 0 Å². The minimum Gasteiger partial charge on any atom is -0.359 e. The van der Waals surface area contributed by atoms with Crippen LogP contribution in [0, 0.1) is 13.8 Å². The lowest BCUT2D eigenvalue weighted by atomic mass is 10.2. The van der Waals surface area contributed by atoms with Gasteiger partial charge in [0.05, 0.1) is 6.54 Å². The first-order valence-electron chi connectivity index (χ1n) is 6.48. The van der Waals surface area contributed by atoms with Crippen LogP contribution in [0.5, 0.6) is 0 Å². The fourth-order valence-electron chi connectivity index (χ4n) is 2.17. The van der Waals surface area contributed by atoms with Gasteiger partial charge in [0.25, 0.3) is 0 Å². The number of rotatable bonds is 3. The smallest absolute Gasteiger partial charge is 0.346 e. The van der Waals surface area contributed by atoms with Gasteiger partial charge >= 0.3 is 10.6 Å². The molecule has 6 nitrogen and oxygen atoms in total. The summed E-state index contributed by atoms with van der Waals surface area (Å²) in [6.07, 6.45) is 0. The Hall–Kier alpha value is -2.12. The molecule has 0 unspecified atom stereocenters. The van der Waals surface area contributed by atoms with Gasteiger partial charge in [-0.1, -0.05) is 28.9 Å². The molecular formula is C14H12ClN3O3S. The first kappa shape index (κ1) is 14.8. The molecule has 0 saturated carbocycles. The second-order valence-corrected chi connectivity index (χ2v) is 6.15. The summed E-state index contributed by atoms with van der Waals surface area (Å²) in [6.45, 7) is 3.63. The number of aryl methyl sites for hydroxylation is 2. The van der Waals surface area contributed by atoms with E-state index in [1.54, 1.807) is 38.1 Å². The highest BCUT2D eigenvalue weighted by Crippen LogP contribution is 2.17. The molecule has 0 bridgehead atoms. The highest BCUT2D eigenvalue weighted by molar-refractivity contribution is 7.03. The SMILES string of the molecule is Cc1noc(C)c1-n1sc(=O)n(Cc2ccc(Cl)cc2)c1=O. The van der Waals surface area contributed by atoms with Crippen LogP contribution in [0.25, 0.3) is 5.69 Å². The second kappa shape index (κ2) is 5.58. The Kier molecular flexibility index (Phi) is 3.76. The Morgan fingerprint density at radius 1 is 1.23 bits per heavy atom. The Labute approximate surface area is 134 Å². The second-order valence-electron chi connectivity index (χ2n) is 4.82. The van der Waals surface area contributed by atoms with E-state index in [-0.39, 0.29) is 11.4 Å². The van der Waals surface area contributed by atoms with E-state index in [0.717, 1.165) is 17.1 Å². The van der Waals surface area contributed by atoms with Gasteiger partial charge in [-0.05, 0) is 31.5 Å². The third-order valence-corrected chi connectivity index (χ3v) is 4.40. The summed E-state index contributed by atoms with van der Waals surface area (Å²) in [4.78, 5) is 24.3. The third-order valence-electron chi connectivity index (χ3n) is 3.25. The molecule has 114 valence electrons. The molecule has 3 aromatic rings. The van der Waals surface area contributed by atoms with Crippen molar-refractivity contribution in [2.24, 2.45) is 0 Å². The molecule has 2 aromatic heterocycles. The molecule has 1 aromatic carbocycles. The summed E-state index contributed by atoms with van der Waals surface area (Å²) in [6, 6.07) is 7.01. The van der Waals surface area contributed by atoms with Crippen molar-refractivity contribution in [3.05, 3.63) is 66.5 Å². The maximum atomic E-state index is 12.5. The zero-order valence-electron chi connectivity index (χ0n) is 11.9. The minimum atomic E-state index is -0.403. The molecule has 0 atom stereocenters. The lowest BCUT2D eigenvalue weighted by molar-refractivity contribution is 0.393. The van der Waals surface area contributed by atoms with Gasteiger partial charge in [-0.15, -0.1) is 0 Å². The molecule has 0 radical (unpaired) electrons. The predicted octanol–water partition coefficient (Wildman–Crippen LogP) is 2.37. The number of aromatic nitrogens is 3. The topological polar surface area (TPSA) is 70.0 Å². The summed E-state index contributed by atoms with van der Waals surface area (Å²) >= 11 is 6.67. The van der Waals surface area contributed by atoms with E-state index in [1.807, 2.05) is 0 Å². The highest BCUT2D eigenvalue weighted by atomic mass is 35.5. The molecule has 0 saturated heterocycles. The Morgan fingerprint density at radius 2 is 1.91 bits per heavy atom. The van der Waals surface area contributed by atoms with Crippen LogP contribution in [0.2, 0.25) is 5.02 Å². The Morgan fingerprint density at radius 3 is 2.50 bits per heavy atom. The molecule has 0 amide bonds. The predicted molar refractivity (Wildman–Crippen MR) is 84.3 cm³/mol. The van der Waals surface area contributed by atoms with Crippen LogP contribution >= 0.6 is 23.1 Å². The van der Waals surface area contributed by atoms with Gasteiger partial charge in [-0.25, -0.2) is 13.3 Å². The molecule has 0 aliphatic heterocycles. The van der Waals surface area contributed by atoms with E-state index in [4.69, 9.17) is 16.1 Å². The fraction of sp³-hybridized carbons (Fsp3) is 0.214. The Balaban J connectivity index is 2.06. The van der Waals surface area contributed by atoms with Crippen molar-refractivity contribution in [3.63, 3.8) is 0 Å². The van der Waals surface area contributed by atoms with E-state index in [0.29, 0.717) is 22.2 Å². The van der Waals surface area contributed by atoms with Crippen LogP contribution in [0.15, 0.2) is 38.4 Å². The van der Waals surface area contributed by atoms with Gasteiger partial charge in [-0.3, -0.25) is 4.79 Å². The molecule has 0 aliphatic carbocycles. The van der Waals surface area contributed by atoms with E-state index in [9.17, 15) is 9.59 Å². The molecule has 22 heavy (non-hydrogen) atoms. The molecule has 0 spiro atoms. The molecule has 0 N–H and O–H groups in total. The van der Waals surface area contributed by atoms with Gasteiger partial charge in [-0.2, -0.15) is 0 Å². The summed E-state index contributed by atoms with van der Waals surface area (Å²) in [5.74, 6) is 0.500. The van der Waals surface area contributed by atoms with Crippen LogP contribution in [-0.2, 0) is 6.54 Å². The largest absolute Gasteiger partial charge is 0.359 e. The summed E-state index contributed by atoms with van der Waals surface area (Å²) in [7, 11) is 0. The van der Waals surface area contributed by atoms with E-state index in [2.05, 4.69) is 5.16 Å². The van der Waals surface area contributed by atoms with E-state index < -0.39 is 5.69 Å². The summed E-state index contributed by atoms with van der Waals surface area (Å²) in [5.41, 5.74) is 1.52. The van der Waals surface area contributed by atoms with Gasteiger partial charge in [0, 0.05) is 16.6 Å². The normalized spacial score (nSPS) is 11.0. The lowest BCUT2D eigenvalue weighted by Crippen LogP contribution is -2.29. The van der Waals surface area contributed by atoms with Crippen molar-refractivity contribution in [1.29, 1.82) is 0 Å². The van der Waals surface area contributed by atoms with Gasteiger partial charge < -0.3 is 4.52 Å². The third kappa shape index (κ3) is 2.53. The number of nitrogens with zero attached hydrogens (tertiary/aromatic N) is 3. The summed E-state index contributed by atoms with van der Waals surface area (Å²) < 4.78 is 7.56. The Bertz CT molecular complexity index is 914. The molecule has 0 aliphatic rings. The fourth-order valence-corrected chi connectivity index (χ4v) is 3.22. The first-order valence-corrected chi connectivity index (χ1v) is 7.63. The quantitative estimate of drug-likeness (QED) is 0.735. The average Bonchev–Trinajstić information content (AvgIpc) is 2.95. The monoisotopic (exact) mass is 337 g/mol.